The van der Waals surface area contributed by atoms with Crippen molar-refractivity contribution in [3.8, 4) is 0 Å². The van der Waals surface area contributed by atoms with Crippen LogP contribution < -0.4 is 15.1 Å². The number of rotatable bonds is 6. The number of carbonyl (C=O) groups excluding carboxylic acids is 1. The SMILES string of the molecule is COC[C@@H]1CCC[C@@H]1NC1CCN(c2cccc(N3CCCC3=O)c2)CC1. The van der Waals surface area contributed by atoms with Crippen LogP contribution in [0.4, 0.5) is 11.4 Å². The highest BCUT2D eigenvalue weighted by Crippen LogP contribution is 2.30. The zero-order valence-electron chi connectivity index (χ0n) is 16.5. The van der Waals surface area contributed by atoms with E-state index >= 15 is 0 Å². The summed E-state index contributed by atoms with van der Waals surface area (Å²) >= 11 is 0. The third-order valence-electron chi connectivity index (χ3n) is 6.56. The van der Waals surface area contributed by atoms with Gasteiger partial charge in [0.05, 0.1) is 6.61 Å². The van der Waals surface area contributed by atoms with Crippen molar-refractivity contribution < 1.29 is 9.53 Å². The zero-order valence-corrected chi connectivity index (χ0v) is 16.5. The van der Waals surface area contributed by atoms with Crippen molar-refractivity contribution >= 4 is 17.3 Å². The molecule has 1 aromatic carbocycles. The molecule has 1 aromatic rings. The predicted molar refractivity (Wildman–Crippen MR) is 109 cm³/mol. The molecule has 0 bridgehead atoms. The Kier molecular flexibility index (Phi) is 5.98. The molecule has 0 aromatic heterocycles. The van der Waals surface area contributed by atoms with E-state index in [1.165, 1.54) is 37.8 Å². The second kappa shape index (κ2) is 8.61. The maximum Gasteiger partial charge on any atom is 0.227 e. The molecule has 5 heteroatoms. The monoisotopic (exact) mass is 371 g/mol. The van der Waals surface area contributed by atoms with Gasteiger partial charge in [0.1, 0.15) is 0 Å². The summed E-state index contributed by atoms with van der Waals surface area (Å²) in [5.41, 5.74) is 2.31. The maximum absolute atomic E-state index is 12.0. The average Bonchev–Trinajstić information content (AvgIpc) is 3.32. The molecule has 1 saturated carbocycles. The van der Waals surface area contributed by atoms with Crippen LogP contribution in [0.25, 0.3) is 0 Å². The smallest absolute Gasteiger partial charge is 0.227 e. The van der Waals surface area contributed by atoms with Crippen LogP contribution in [-0.2, 0) is 9.53 Å². The molecule has 1 N–H and O–H groups in total. The van der Waals surface area contributed by atoms with Gasteiger partial charge in [-0.15, -0.1) is 0 Å². The summed E-state index contributed by atoms with van der Waals surface area (Å²) < 4.78 is 5.40. The Morgan fingerprint density at radius 1 is 1.07 bits per heavy atom. The van der Waals surface area contributed by atoms with Gasteiger partial charge in [0.15, 0.2) is 0 Å². The van der Waals surface area contributed by atoms with Gasteiger partial charge in [-0.05, 0) is 56.2 Å². The Labute approximate surface area is 163 Å². The van der Waals surface area contributed by atoms with Crippen LogP contribution in [0.2, 0.25) is 0 Å². The Bertz CT molecular complexity index is 642. The summed E-state index contributed by atoms with van der Waals surface area (Å²) in [5, 5.41) is 3.93. The van der Waals surface area contributed by atoms with Crippen molar-refractivity contribution in [2.75, 3.05) is 43.2 Å². The number of nitrogens with zero attached hydrogens (tertiary/aromatic N) is 2. The molecule has 2 aliphatic heterocycles. The topological polar surface area (TPSA) is 44.8 Å². The Hall–Kier alpha value is -1.59. The lowest BCUT2D eigenvalue weighted by atomic mass is 9.99. The quantitative estimate of drug-likeness (QED) is 0.834. The number of hydrogen-bond donors (Lipinski definition) is 1. The van der Waals surface area contributed by atoms with Crippen molar-refractivity contribution in [3.05, 3.63) is 24.3 Å². The third kappa shape index (κ3) is 4.30. The number of nitrogens with one attached hydrogen (secondary N) is 1. The van der Waals surface area contributed by atoms with Crippen molar-refractivity contribution in [2.45, 2.75) is 57.0 Å². The van der Waals surface area contributed by atoms with E-state index in [4.69, 9.17) is 4.74 Å². The molecule has 2 heterocycles. The van der Waals surface area contributed by atoms with Gasteiger partial charge in [-0.25, -0.2) is 0 Å². The predicted octanol–water partition coefficient (Wildman–Crippen LogP) is 3.19. The summed E-state index contributed by atoms with van der Waals surface area (Å²) in [6, 6.07) is 9.79. The van der Waals surface area contributed by atoms with Crippen LogP contribution in [-0.4, -0.2) is 51.3 Å². The molecule has 0 spiro atoms. The van der Waals surface area contributed by atoms with Crippen molar-refractivity contribution in [1.29, 1.82) is 0 Å². The third-order valence-corrected chi connectivity index (χ3v) is 6.56. The van der Waals surface area contributed by atoms with Crippen molar-refractivity contribution in [3.63, 3.8) is 0 Å². The number of amides is 1. The Morgan fingerprint density at radius 3 is 2.63 bits per heavy atom. The van der Waals surface area contributed by atoms with Gasteiger partial charge in [0.2, 0.25) is 5.91 Å². The molecule has 3 fully saturated rings. The van der Waals surface area contributed by atoms with Gasteiger partial charge in [-0.1, -0.05) is 12.5 Å². The molecule has 3 aliphatic rings. The number of piperidine rings is 1. The minimum atomic E-state index is 0.261. The molecule has 0 radical (unpaired) electrons. The molecule has 1 aliphatic carbocycles. The molecule has 0 unspecified atom stereocenters. The molecule has 27 heavy (non-hydrogen) atoms. The van der Waals surface area contributed by atoms with Crippen LogP contribution in [0.15, 0.2) is 24.3 Å². The van der Waals surface area contributed by atoms with E-state index in [9.17, 15) is 4.79 Å². The van der Waals surface area contributed by atoms with Gasteiger partial charge in [0.25, 0.3) is 0 Å². The second-order valence-electron chi connectivity index (χ2n) is 8.35. The molecule has 1 amide bonds. The van der Waals surface area contributed by atoms with Crippen LogP contribution >= 0.6 is 0 Å². The number of carbonyl (C=O) groups is 1. The summed E-state index contributed by atoms with van der Waals surface area (Å²) in [6.45, 7) is 3.91. The highest BCUT2D eigenvalue weighted by molar-refractivity contribution is 5.95. The van der Waals surface area contributed by atoms with Crippen LogP contribution in [0.5, 0.6) is 0 Å². The first kappa shape index (κ1) is 18.8. The molecule has 148 valence electrons. The molecule has 2 atom stereocenters. The lowest BCUT2D eigenvalue weighted by Crippen LogP contribution is -2.47. The lowest BCUT2D eigenvalue weighted by molar-refractivity contribution is -0.117. The molecular weight excluding hydrogens is 338 g/mol. The average molecular weight is 372 g/mol. The minimum absolute atomic E-state index is 0.261. The van der Waals surface area contributed by atoms with E-state index < -0.39 is 0 Å². The summed E-state index contributed by atoms with van der Waals surface area (Å²) in [6.07, 6.45) is 7.95. The largest absolute Gasteiger partial charge is 0.384 e. The molecule has 2 saturated heterocycles. The lowest BCUT2D eigenvalue weighted by Gasteiger charge is -2.36. The first-order valence-electron chi connectivity index (χ1n) is 10.6. The summed E-state index contributed by atoms with van der Waals surface area (Å²) in [5.74, 6) is 0.944. The molecular formula is C22H33N3O2. The van der Waals surface area contributed by atoms with E-state index in [0.29, 0.717) is 24.4 Å². The Morgan fingerprint density at radius 2 is 1.89 bits per heavy atom. The van der Waals surface area contributed by atoms with Crippen LogP contribution in [0.3, 0.4) is 0 Å². The number of benzene rings is 1. The molecule has 5 nitrogen and oxygen atoms in total. The van der Waals surface area contributed by atoms with Gasteiger partial charge in [-0.2, -0.15) is 0 Å². The highest BCUT2D eigenvalue weighted by Gasteiger charge is 2.30. The van der Waals surface area contributed by atoms with E-state index in [2.05, 4.69) is 34.5 Å². The van der Waals surface area contributed by atoms with Gasteiger partial charge >= 0.3 is 0 Å². The summed E-state index contributed by atoms with van der Waals surface area (Å²) in [7, 11) is 1.82. The zero-order chi connectivity index (χ0) is 18.6. The first-order valence-corrected chi connectivity index (χ1v) is 10.6. The fourth-order valence-corrected chi connectivity index (χ4v) is 5.06. The number of ether oxygens (including phenoxy) is 1. The number of methoxy groups -OCH3 is 1. The van der Waals surface area contributed by atoms with Crippen LogP contribution in [0.1, 0.15) is 44.9 Å². The fourth-order valence-electron chi connectivity index (χ4n) is 5.06. The van der Waals surface area contributed by atoms with Crippen molar-refractivity contribution in [1.82, 2.24) is 5.32 Å². The standard InChI is InChI=1S/C22H33N3O2/c1-27-16-17-5-2-8-21(17)23-18-10-13-24(14-11-18)19-6-3-7-20(15-19)25-12-4-9-22(25)26/h3,6-7,15,17-18,21,23H,2,4-5,8-14,16H2,1H3/t17-,21-/m0/s1. The minimum Gasteiger partial charge on any atom is -0.384 e. The van der Waals surface area contributed by atoms with Crippen molar-refractivity contribution in [2.24, 2.45) is 5.92 Å². The van der Waals surface area contributed by atoms with Gasteiger partial charge in [0, 0.05) is 56.6 Å². The second-order valence-corrected chi connectivity index (χ2v) is 8.35. The van der Waals surface area contributed by atoms with E-state index in [0.717, 1.165) is 38.3 Å². The number of anilines is 2. The summed E-state index contributed by atoms with van der Waals surface area (Å²) in [4.78, 5) is 16.5. The van der Waals surface area contributed by atoms with Gasteiger partial charge in [-0.3, -0.25) is 4.79 Å². The van der Waals surface area contributed by atoms with Gasteiger partial charge < -0.3 is 19.9 Å². The van der Waals surface area contributed by atoms with E-state index in [1.807, 2.05) is 12.0 Å². The van der Waals surface area contributed by atoms with E-state index in [-0.39, 0.29) is 5.91 Å². The number of hydrogen-bond acceptors (Lipinski definition) is 4. The first-order chi connectivity index (χ1) is 13.2. The molecule has 4 rings (SSSR count). The van der Waals surface area contributed by atoms with E-state index in [1.54, 1.807) is 0 Å². The fraction of sp³-hybridized carbons (Fsp3) is 0.682. The maximum atomic E-state index is 12.0. The van der Waals surface area contributed by atoms with Crippen LogP contribution in [0, 0.1) is 5.92 Å². The normalized spacial score (nSPS) is 26.9. The highest BCUT2D eigenvalue weighted by atomic mass is 16.5. The Balaban J connectivity index is 1.32.